The van der Waals surface area contributed by atoms with Crippen LogP contribution in [0.15, 0.2) is 48.5 Å². The van der Waals surface area contributed by atoms with Crippen LogP contribution in [0.25, 0.3) is 0 Å². The van der Waals surface area contributed by atoms with Crippen molar-refractivity contribution >= 4 is 12.1 Å². The molecule has 1 aliphatic rings. The van der Waals surface area contributed by atoms with Crippen molar-refractivity contribution in [2.45, 2.75) is 75.7 Å². The molecule has 2 aromatic carbocycles. The largest absolute Gasteiger partial charge is 0.479 e. The van der Waals surface area contributed by atoms with Gasteiger partial charge in [0, 0.05) is 6.54 Å². The van der Waals surface area contributed by atoms with Crippen molar-refractivity contribution in [3.8, 4) is 0 Å². The number of ether oxygens (including phenoxy) is 2. The Bertz CT molecular complexity index is 1200. The van der Waals surface area contributed by atoms with E-state index in [0.29, 0.717) is 17.7 Å². The van der Waals surface area contributed by atoms with Gasteiger partial charge in [0.15, 0.2) is 5.54 Å². The van der Waals surface area contributed by atoms with Gasteiger partial charge in [-0.3, -0.25) is 0 Å². The van der Waals surface area contributed by atoms with Crippen molar-refractivity contribution in [3.05, 3.63) is 70.8 Å². The Kier molecular flexibility index (Phi) is 9.04. The van der Waals surface area contributed by atoms with Gasteiger partial charge < -0.3 is 25.2 Å². The highest BCUT2D eigenvalue weighted by atomic mass is 19.4. The Labute approximate surface area is 233 Å². The number of aliphatic carboxylic acids is 1. The fourth-order valence-electron chi connectivity index (χ4n) is 4.55. The number of piperidine rings is 1. The number of alkyl halides is 6. The molecule has 3 N–H and O–H groups in total. The molecule has 2 aromatic rings. The van der Waals surface area contributed by atoms with Crippen molar-refractivity contribution in [2.75, 3.05) is 13.2 Å². The number of halogens is 6. The lowest BCUT2D eigenvalue weighted by Gasteiger charge is -2.46. The third-order valence-corrected chi connectivity index (χ3v) is 6.84. The van der Waals surface area contributed by atoms with Crippen LogP contribution >= 0.6 is 0 Å². The van der Waals surface area contributed by atoms with Crippen molar-refractivity contribution in [1.82, 2.24) is 10.6 Å². The van der Waals surface area contributed by atoms with Crippen LogP contribution in [0, 0.1) is 0 Å². The molecule has 0 aromatic heterocycles. The average Bonchev–Trinajstić information content (AvgIpc) is 2.86. The van der Waals surface area contributed by atoms with E-state index in [4.69, 9.17) is 9.47 Å². The van der Waals surface area contributed by atoms with Crippen LogP contribution in [0.5, 0.6) is 0 Å². The molecule has 1 aliphatic heterocycles. The third-order valence-electron chi connectivity index (χ3n) is 6.84. The molecule has 226 valence electrons. The van der Waals surface area contributed by atoms with Gasteiger partial charge in [-0.25, -0.2) is 9.59 Å². The molecule has 3 rings (SSSR count). The number of nitrogens with one attached hydrogen (secondary N) is 2. The van der Waals surface area contributed by atoms with Crippen molar-refractivity contribution in [2.24, 2.45) is 0 Å². The van der Waals surface area contributed by atoms with E-state index in [1.165, 1.54) is 6.92 Å². The first kappa shape index (κ1) is 32.2. The van der Waals surface area contributed by atoms with Gasteiger partial charge in [0.25, 0.3) is 0 Å². The molecule has 1 amide bonds. The second kappa shape index (κ2) is 11.5. The first-order valence-electron chi connectivity index (χ1n) is 12.7. The molecule has 7 nitrogen and oxygen atoms in total. The highest BCUT2D eigenvalue weighted by molar-refractivity contribution is 5.85. The summed E-state index contributed by atoms with van der Waals surface area (Å²) in [5.74, 6) is -1.31. The molecule has 41 heavy (non-hydrogen) atoms. The number of hydrogen-bond donors (Lipinski definition) is 3. The topological polar surface area (TPSA) is 96.9 Å². The number of rotatable bonds is 7. The number of carboxylic acids is 1. The molecular formula is C28H32F6N2O5. The highest BCUT2D eigenvalue weighted by Crippen LogP contribution is 2.40. The molecular weight excluding hydrogens is 558 g/mol. The van der Waals surface area contributed by atoms with E-state index < -0.39 is 58.3 Å². The fourth-order valence-corrected chi connectivity index (χ4v) is 4.55. The van der Waals surface area contributed by atoms with E-state index in [1.807, 2.05) is 0 Å². The van der Waals surface area contributed by atoms with E-state index in [1.54, 1.807) is 51.1 Å². The zero-order valence-electron chi connectivity index (χ0n) is 22.9. The number of carbonyl (C=O) groups is 2. The minimum Gasteiger partial charge on any atom is -0.479 e. The van der Waals surface area contributed by atoms with Gasteiger partial charge in [0.2, 0.25) is 0 Å². The molecule has 0 spiro atoms. The number of amides is 1. The molecule has 1 heterocycles. The number of carboxylic acid groups (broad SMARTS) is 1. The molecule has 0 radical (unpaired) electrons. The molecule has 0 saturated carbocycles. The first-order chi connectivity index (χ1) is 18.8. The molecule has 1 fully saturated rings. The summed E-state index contributed by atoms with van der Waals surface area (Å²) in [4.78, 5) is 24.7. The highest BCUT2D eigenvalue weighted by Gasteiger charge is 2.50. The van der Waals surface area contributed by atoms with E-state index in [-0.39, 0.29) is 37.6 Å². The fraction of sp³-hybridized carbons (Fsp3) is 0.500. The van der Waals surface area contributed by atoms with Crippen LogP contribution in [0.2, 0.25) is 0 Å². The average molecular weight is 591 g/mol. The van der Waals surface area contributed by atoms with E-state index in [9.17, 15) is 41.0 Å². The molecule has 3 atom stereocenters. The smallest absolute Gasteiger partial charge is 0.416 e. The molecule has 0 bridgehead atoms. The van der Waals surface area contributed by atoms with Crippen LogP contribution in [-0.2, 0) is 32.2 Å². The summed E-state index contributed by atoms with van der Waals surface area (Å²) < 4.78 is 91.3. The number of alkyl carbamates (subject to hydrolysis) is 1. The first-order valence-corrected chi connectivity index (χ1v) is 12.7. The standard InChI is InChI=1S/C28H32F6N2O5/c1-17(18-12-20(27(29,30)31)14-21(13-18)28(32,33)34)40-16-26(19-8-6-5-7-9-19)11-10-25(15-35-26,22(37)38)36-23(39)41-24(2,3)4/h5-9,12-14,17,35H,10-11,15-16H2,1-4H3,(H,36,39)(H,37,38)/t17?,25-,26+/m0/s1. The van der Waals surface area contributed by atoms with Crippen LogP contribution in [-0.4, -0.2) is 41.5 Å². The quantitative estimate of drug-likeness (QED) is 0.322. The summed E-state index contributed by atoms with van der Waals surface area (Å²) in [6, 6.07) is 9.95. The zero-order chi connectivity index (χ0) is 30.9. The molecule has 0 aliphatic carbocycles. The van der Waals surface area contributed by atoms with Gasteiger partial charge in [-0.1, -0.05) is 30.3 Å². The third kappa shape index (κ3) is 7.91. The lowest BCUT2D eigenvalue weighted by Crippen LogP contribution is -2.67. The van der Waals surface area contributed by atoms with Crippen molar-refractivity contribution < 1.29 is 50.5 Å². The normalized spacial score (nSPS) is 22.6. The maximum Gasteiger partial charge on any atom is 0.416 e. The van der Waals surface area contributed by atoms with Crippen LogP contribution < -0.4 is 10.6 Å². The van der Waals surface area contributed by atoms with Crippen molar-refractivity contribution in [1.29, 1.82) is 0 Å². The second-order valence-corrected chi connectivity index (χ2v) is 11.1. The van der Waals surface area contributed by atoms with Crippen molar-refractivity contribution in [3.63, 3.8) is 0 Å². The van der Waals surface area contributed by atoms with E-state index >= 15 is 0 Å². The lowest BCUT2D eigenvalue weighted by molar-refractivity contribution is -0.147. The summed E-state index contributed by atoms with van der Waals surface area (Å²) in [7, 11) is 0. The second-order valence-electron chi connectivity index (χ2n) is 11.1. The van der Waals surface area contributed by atoms with Crippen LogP contribution in [0.1, 0.15) is 68.9 Å². The molecule has 1 saturated heterocycles. The number of carbonyl (C=O) groups excluding carboxylic acids is 1. The van der Waals surface area contributed by atoms with Gasteiger partial charge in [-0.2, -0.15) is 26.3 Å². The van der Waals surface area contributed by atoms with Crippen LogP contribution in [0.4, 0.5) is 31.1 Å². The minimum atomic E-state index is -5.01. The predicted molar refractivity (Wildman–Crippen MR) is 136 cm³/mol. The Morgan fingerprint density at radius 3 is 1.98 bits per heavy atom. The summed E-state index contributed by atoms with van der Waals surface area (Å²) in [6.45, 7) is 5.72. The SMILES string of the molecule is CC(OC[C@@]1(c2ccccc2)CC[C@@](NC(=O)OC(C)(C)C)(C(=O)O)CN1)c1cc(C(F)(F)F)cc(C(F)(F)F)c1. The maximum atomic E-state index is 13.4. The van der Waals surface area contributed by atoms with Gasteiger partial charge in [0.1, 0.15) is 5.60 Å². The summed E-state index contributed by atoms with van der Waals surface area (Å²) in [5.41, 5.74) is -6.26. The zero-order valence-corrected chi connectivity index (χ0v) is 22.9. The maximum absolute atomic E-state index is 13.4. The van der Waals surface area contributed by atoms with E-state index in [0.717, 1.165) is 0 Å². The monoisotopic (exact) mass is 590 g/mol. The summed E-state index contributed by atoms with van der Waals surface area (Å²) in [5, 5.41) is 15.6. The predicted octanol–water partition coefficient (Wildman–Crippen LogP) is 6.43. The Morgan fingerprint density at radius 2 is 1.54 bits per heavy atom. The molecule has 1 unspecified atom stereocenters. The van der Waals surface area contributed by atoms with Crippen LogP contribution in [0.3, 0.4) is 0 Å². The lowest BCUT2D eigenvalue weighted by atomic mass is 9.76. The number of hydrogen-bond acceptors (Lipinski definition) is 5. The minimum absolute atomic E-state index is 0.0491. The van der Waals surface area contributed by atoms with Gasteiger partial charge in [0.05, 0.1) is 29.4 Å². The van der Waals surface area contributed by atoms with E-state index in [2.05, 4.69) is 10.6 Å². The van der Waals surface area contributed by atoms with Gasteiger partial charge >= 0.3 is 24.4 Å². The van der Waals surface area contributed by atoms with Gasteiger partial charge in [-0.05, 0) is 69.9 Å². The summed E-state index contributed by atoms with van der Waals surface area (Å²) in [6.07, 6.45) is -12.1. The summed E-state index contributed by atoms with van der Waals surface area (Å²) >= 11 is 0. The van der Waals surface area contributed by atoms with Gasteiger partial charge in [-0.15, -0.1) is 0 Å². The Balaban J connectivity index is 1.88. The molecule has 13 heteroatoms. The number of benzene rings is 2. The Morgan fingerprint density at radius 1 is 0.976 bits per heavy atom. The Hall–Kier alpha value is -3.32.